The molecule has 0 radical (unpaired) electrons. The van der Waals surface area contributed by atoms with E-state index in [0.717, 1.165) is 5.56 Å². The van der Waals surface area contributed by atoms with Gasteiger partial charge in [-0.25, -0.2) is 0 Å². The van der Waals surface area contributed by atoms with Crippen LogP contribution in [0.4, 0.5) is 0 Å². The van der Waals surface area contributed by atoms with Crippen molar-refractivity contribution < 1.29 is 9.59 Å². The molecule has 1 saturated heterocycles. The van der Waals surface area contributed by atoms with Crippen LogP contribution >= 0.6 is 0 Å². The Morgan fingerprint density at radius 2 is 2.11 bits per heavy atom. The maximum absolute atomic E-state index is 12.1. The van der Waals surface area contributed by atoms with Crippen molar-refractivity contribution in [1.82, 2.24) is 10.2 Å². The van der Waals surface area contributed by atoms with Gasteiger partial charge in [-0.2, -0.15) is 0 Å². The number of hydrogen-bond acceptors (Lipinski definition) is 3. The molecule has 0 aliphatic carbocycles. The Hall–Kier alpha value is -1.88. The van der Waals surface area contributed by atoms with E-state index >= 15 is 0 Å². The molecule has 1 heterocycles. The normalized spacial score (nSPS) is 17.2. The van der Waals surface area contributed by atoms with Gasteiger partial charge in [0.05, 0.1) is 12.6 Å². The summed E-state index contributed by atoms with van der Waals surface area (Å²) < 4.78 is 0. The number of carbonyl (C=O) groups excluding carboxylic acids is 2. The van der Waals surface area contributed by atoms with Crippen LogP contribution in [0.2, 0.25) is 0 Å². The maximum atomic E-state index is 12.1. The van der Waals surface area contributed by atoms with Crippen molar-refractivity contribution in [3.8, 4) is 0 Å². The zero-order valence-corrected chi connectivity index (χ0v) is 10.1. The predicted octanol–water partition coefficient (Wildman–Crippen LogP) is -0.485. The highest BCUT2D eigenvalue weighted by molar-refractivity contribution is 5.88. The molecule has 0 spiro atoms. The zero-order chi connectivity index (χ0) is 13.0. The zero-order valence-electron chi connectivity index (χ0n) is 10.1. The largest absolute Gasteiger partial charge is 0.353 e. The van der Waals surface area contributed by atoms with Crippen molar-refractivity contribution in [3.63, 3.8) is 0 Å². The number of nitrogens with one attached hydrogen (secondary N) is 1. The van der Waals surface area contributed by atoms with E-state index in [4.69, 9.17) is 5.73 Å². The highest BCUT2D eigenvalue weighted by atomic mass is 16.2. The van der Waals surface area contributed by atoms with Gasteiger partial charge in [-0.15, -0.1) is 0 Å². The molecule has 0 aromatic heterocycles. The second-order valence-corrected chi connectivity index (χ2v) is 4.41. The lowest BCUT2D eigenvalue weighted by Crippen LogP contribution is -2.54. The third-order valence-electron chi connectivity index (χ3n) is 2.97. The number of carbonyl (C=O) groups is 2. The third-order valence-corrected chi connectivity index (χ3v) is 2.97. The van der Waals surface area contributed by atoms with Crippen LogP contribution in [0.3, 0.4) is 0 Å². The van der Waals surface area contributed by atoms with Gasteiger partial charge in [0.2, 0.25) is 11.8 Å². The van der Waals surface area contributed by atoms with Crippen LogP contribution in [-0.4, -0.2) is 42.4 Å². The van der Waals surface area contributed by atoms with Crippen LogP contribution in [0, 0.1) is 0 Å². The molecule has 3 N–H and O–H groups in total. The van der Waals surface area contributed by atoms with Crippen molar-refractivity contribution in [2.24, 2.45) is 5.73 Å². The molecule has 1 aliphatic heterocycles. The molecular formula is C13H17N3O2. The Kier molecular flexibility index (Phi) is 3.94. The van der Waals surface area contributed by atoms with Gasteiger partial charge >= 0.3 is 0 Å². The van der Waals surface area contributed by atoms with E-state index in [0.29, 0.717) is 19.5 Å². The lowest BCUT2D eigenvalue weighted by atomic mass is 10.1. The minimum absolute atomic E-state index is 0.112. The summed E-state index contributed by atoms with van der Waals surface area (Å²) in [5.74, 6) is -0.282. The number of rotatable bonds is 3. The Morgan fingerprint density at radius 1 is 1.39 bits per heavy atom. The molecule has 2 amide bonds. The fourth-order valence-corrected chi connectivity index (χ4v) is 2.02. The summed E-state index contributed by atoms with van der Waals surface area (Å²) in [4.78, 5) is 24.8. The molecule has 0 unspecified atom stereocenters. The molecular weight excluding hydrogens is 230 g/mol. The summed E-state index contributed by atoms with van der Waals surface area (Å²) in [5, 5.41) is 2.68. The summed E-state index contributed by atoms with van der Waals surface area (Å²) in [6, 6.07) is 9.05. The van der Waals surface area contributed by atoms with E-state index < -0.39 is 6.04 Å². The number of nitrogens with zero attached hydrogens (tertiary/aromatic N) is 1. The standard InChI is InChI=1S/C13H17N3O2/c14-11(8-10-4-2-1-3-5-10)13(18)16-7-6-15-12(17)9-16/h1-5,11H,6-9,14H2,(H,15,17)/t11-/m1/s1. The Balaban J connectivity index is 1.94. The molecule has 1 aromatic carbocycles. The van der Waals surface area contributed by atoms with Gasteiger partial charge in [0.25, 0.3) is 0 Å². The van der Waals surface area contributed by atoms with Crippen LogP contribution in [-0.2, 0) is 16.0 Å². The van der Waals surface area contributed by atoms with Crippen molar-refractivity contribution >= 4 is 11.8 Å². The van der Waals surface area contributed by atoms with Gasteiger partial charge in [-0.3, -0.25) is 9.59 Å². The molecule has 5 nitrogen and oxygen atoms in total. The topological polar surface area (TPSA) is 75.4 Å². The van der Waals surface area contributed by atoms with Crippen molar-refractivity contribution in [3.05, 3.63) is 35.9 Å². The van der Waals surface area contributed by atoms with Crippen LogP contribution in [0.1, 0.15) is 5.56 Å². The molecule has 1 fully saturated rings. The van der Waals surface area contributed by atoms with E-state index in [1.54, 1.807) is 0 Å². The first-order valence-electron chi connectivity index (χ1n) is 6.02. The Labute approximate surface area is 106 Å². The molecule has 0 bridgehead atoms. The quantitative estimate of drug-likeness (QED) is 0.757. The van der Waals surface area contributed by atoms with Crippen molar-refractivity contribution in [1.29, 1.82) is 0 Å². The molecule has 2 rings (SSSR count). The number of benzene rings is 1. The number of nitrogens with two attached hydrogens (primary N) is 1. The van der Waals surface area contributed by atoms with Crippen LogP contribution < -0.4 is 11.1 Å². The van der Waals surface area contributed by atoms with Gasteiger partial charge in [0.1, 0.15) is 0 Å². The molecule has 1 atom stereocenters. The van der Waals surface area contributed by atoms with E-state index in [1.807, 2.05) is 30.3 Å². The molecule has 1 aromatic rings. The lowest BCUT2D eigenvalue weighted by molar-refractivity contribution is -0.139. The third kappa shape index (κ3) is 3.07. The maximum Gasteiger partial charge on any atom is 0.240 e. The fraction of sp³-hybridized carbons (Fsp3) is 0.385. The highest BCUT2D eigenvalue weighted by Gasteiger charge is 2.25. The Bertz CT molecular complexity index is 433. The van der Waals surface area contributed by atoms with Crippen molar-refractivity contribution in [2.45, 2.75) is 12.5 Å². The Morgan fingerprint density at radius 3 is 2.78 bits per heavy atom. The van der Waals surface area contributed by atoms with E-state index in [-0.39, 0.29) is 18.4 Å². The van der Waals surface area contributed by atoms with E-state index in [2.05, 4.69) is 5.32 Å². The second-order valence-electron chi connectivity index (χ2n) is 4.41. The average molecular weight is 247 g/mol. The minimum atomic E-state index is -0.585. The van der Waals surface area contributed by atoms with Crippen molar-refractivity contribution in [2.75, 3.05) is 19.6 Å². The summed E-state index contributed by atoms with van der Waals surface area (Å²) >= 11 is 0. The number of amides is 2. The molecule has 5 heteroatoms. The monoisotopic (exact) mass is 247 g/mol. The van der Waals surface area contributed by atoms with Gasteiger partial charge in [0, 0.05) is 13.1 Å². The molecule has 96 valence electrons. The lowest BCUT2D eigenvalue weighted by Gasteiger charge is -2.28. The second kappa shape index (κ2) is 5.64. The molecule has 0 saturated carbocycles. The van der Waals surface area contributed by atoms with Gasteiger partial charge < -0.3 is 16.0 Å². The average Bonchev–Trinajstić information content (AvgIpc) is 2.39. The molecule has 18 heavy (non-hydrogen) atoms. The fourth-order valence-electron chi connectivity index (χ4n) is 2.02. The van der Waals surface area contributed by atoms with Gasteiger partial charge in [-0.05, 0) is 12.0 Å². The summed E-state index contributed by atoms with van der Waals surface area (Å²) in [6.07, 6.45) is 0.498. The summed E-state index contributed by atoms with van der Waals surface area (Å²) in [6.45, 7) is 1.15. The number of piperazine rings is 1. The first-order chi connectivity index (χ1) is 8.66. The smallest absolute Gasteiger partial charge is 0.240 e. The first kappa shape index (κ1) is 12.6. The summed E-state index contributed by atoms with van der Waals surface area (Å²) in [7, 11) is 0. The SMILES string of the molecule is N[C@H](Cc1ccccc1)C(=O)N1CCNC(=O)C1. The minimum Gasteiger partial charge on any atom is -0.353 e. The van der Waals surface area contributed by atoms with Gasteiger partial charge in [-0.1, -0.05) is 30.3 Å². The highest BCUT2D eigenvalue weighted by Crippen LogP contribution is 2.05. The number of hydrogen-bond donors (Lipinski definition) is 2. The van der Waals surface area contributed by atoms with Crippen LogP contribution in [0.5, 0.6) is 0 Å². The molecule has 1 aliphatic rings. The predicted molar refractivity (Wildman–Crippen MR) is 67.7 cm³/mol. The van der Waals surface area contributed by atoms with Crippen LogP contribution in [0.25, 0.3) is 0 Å². The van der Waals surface area contributed by atoms with E-state index in [1.165, 1.54) is 4.90 Å². The van der Waals surface area contributed by atoms with Gasteiger partial charge in [0.15, 0.2) is 0 Å². The first-order valence-corrected chi connectivity index (χ1v) is 6.02. The summed E-state index contributed by atoms with van der Waals surface area (Å²) in [5.41, 5.74) is 6.93. The van der Waals surface area contributed by atoms with E-state index in [9.17, 15) is 9.59 Å². The van der Waals surface area contributed by atoms with Crippen LogP contribution in [0.15, 0.2) is 30.3 Å².